The monoisotopic (exact) mass is 432 g/mol. The summed E-state index contributed by atoms with van der Waals surface area (Å²) in [5.41, 5.74) is 1.34. The zero-order valence-corrected chi connectivity index (χ0v) is 18.9. The van der Waals surface area contributed by atoms with E-state index >= 15 is 0 Å². The number of nitrogens with zero attached hydrogens (tertiary/aromatic N) is 4. The van der Waals surface area contributed by atoms with Crippen molar-refractivity contribution in [2.45, 2.75) is 53.0 Å². The van der Waals surface area contributed by atoms with E-state index in [2.05, 4.69) is 36.0 Å². The lowest BCUT2D eigenvalue weighted by atomic mass is 9.98. The minimum absolute atomic E-state index is 0.0603. The minimum atomic E-state index is -0.0973. The zero-order valence-electron chi connectivity index (χ0n) is 17.3. The van der Waals surface area contributed by atoms with Crippen LogP contribution in [0.1, 0.15) is 60.4 Å². The first-order chi connectivity index (χ1) is 13.7. The van der Waals surface area contributed by atoms with Gasteiger partial charge in [0.2, 0.25) is 11.8 Å². The highest BCUT2D eigenvalue weighted by molar-refractivity contribution is 7.14. The van der Waals surface area contributed by atoms with Crippen molar-refractivity contribution in [3.05, 3.63) is 50.8 Å². The van der Waals surface area contributed by atoms with E-state index in [9.17, 15) is 4.79 Å². The fraction of sp³-hybridized carbons (Fsp3) is 0.429. The molecule has 8 heteroatoms. The topological polar surface area (TPSA) is 72.1 Å². The van der Waals surface area contributed by atoms with E-state index in [0.29, 0.717) is 33.8 Å². The van der Waals surface area contributed by atoms with Crippen LogP contribution in [-0.2, 0) is 12.0 Å². The Morgan fingerprint density at radius 3 is 2.59 bits per heavy atom. The lowest BCUT2D eigenvalue weighted by Gasteiger charge is -2.19. The Bertz CT molecular complexity index is 1010. The highest BCUT2D eigenvalue weighted by atomic mass is 35.5. The lowest BCUT2D eigenvalue weighted by Crippen LogP contribution is -2.31. The molecule has 0 bridgehead atoms. The Morgan fingerprint density at radius 2 is 1.97 bits per heavy atom. The van der Waals surface area contributed by atoms with E-state index in [4.69, 9.17) is 16.0 Å². The van der Waals surface area contributed by atoms with E-state index in [1.165, 1.54) is 11.3 Å². The molecule has 0 saturated heterocycles. The molecule has 0 N–H and O–H groups in total. The van der Waals surface area contributed by atoms with Crippen LogP contribution in [-0.4, -0.2) is 32.5 Å². The van der Waals surface area contributed by atoms with Crippen LogP contribution in [0.25, 0.3) is 11.5 Å². The first-order valence-corrected chi connectivity index (χ1v) is 10.7. The van der Waals surface area contributed by atoms with E-state index < -0.39 is 0 Å². The molecule has 0 radical (unpaired) electrons. The fourth-order valence-electron chi connectivity index (χ4n) is 2.81. The molecule has 29 heavy (non-hydrogen) atoms. The van der Waals surface area contributed by atoms with Gasteiger partial charge in [0, 0.05) is 12.0 Å². The SMILES string of the molecule is CCCN(Cc1nnc(-c2ccccc2Cl)o1)C(=O)c1sc(C(C)(C)C)nc1C. The maximum Gasteiger partial charge on any atom is 0.266 e. The largest absolute Gasteiger partial charge is 0.419 e. The summed E-state index contributed by atoms with van der Waals surface area (Å²) in [6.45, 7) is 11.0. The van der Waals surface area contributed by atoms with Crippen LogP contribution in [0.2, 0.25) is 5.02 Å². The van der Waals surface area contributed by atoms with Crippen molar-refractivity contribution in [3.63, 3.8) is 0 Å². The van der Waals surface area contributed by atoms with Crippen molar-refractivity contribution in [1.82, 2.24) is 20.1 Å². The molecule has 0 unspecified atom stereocenters. The van der Waals surface area contributed by atoms with Gasteiger partial charge < -0.3 is 9.32 Å². The number of aromatic nitrogens is 3. The maximum absolute atomic E-state index is 13.2. The van der Waals surface area contributed by atoms with Crippen LogP contribution in [0.3, 0.4) is 0 Å². The predicted octanol–water partition coefficient (Wildman–Crippen LogP) is 5.50. The molecule has 1 aromatic carbocycles. The van der Waals surface area contributed by atoms with Gasteiger partial charge in [-0.2, -0.15) is 0 Å². The van der Waals surface area contributed by atoms with Crippen LogP contribution in [0.4, 0.5) is 0 Å². The van der Waals surface area contributed by atoms with E-state index in [0.717, 1.165) is 17.1 Å². The third kappa shape index (κ3) is 4.85. The van der Waals surface area contributed by atoms with Crippen molar-refractivity contribution in [1.29, 1.82) is 0 Å². The molecule has 2 aromatic heterocycles. The lowest BCUT2D eigenvalue weighted by molar-refractivity contribution is 0.0732. The summed E-state index contributed by atoms with van der Waals surface area (Å²) in [4.78, 5) is 20.2. The zero-order chi connectivity index (χ0) is 21.2. The van der Waals surface area contributed by atoms with Gasteiger partial charge in [-0.25, -0.2) is 4.98 Å². The number of carbonyl (C=O) groups is 1. The number of halogens is 1. The quantitative estimate of drug-likeness (QED) is 0.513. The molecule has 0 saturated carbocycles. The molecule has 3 aromatic rings. The van der Waals surface area contributed by atoms with E-state index in [-0.39, 0.29) is 17.9 Å². The number of aryl methyl sites for hydroxylation is 1. The van der Waals surface area contributed by atoms with Crippen LogP contribution >= 0.6 is 22.9 Å². The number of rotatable bonds is 6. The fourth-order valence-corrected chi connectivity index (χ4v) is 4.11. The number of hydrogen-bond acceptors (Lipinski definition) is 6. The molecule has 0 aliphatic rings. The van der Waals surface area contributed by atoms with Crippen LogP contribution < -0.4 is 0 Å². The van der Waals surface area contributed by atoms with Gasteiger partial charge in [0.1, 0.15) is 4.88 Å². The third-order valence-electron chi connectivity index (χ3n) is 4.31. The summed E-state index contributed by atoms with van der Waals surface area (Å²) in [7, 11) is 0. The van der Waals surface area contributed by atoms with Crippen molar-refractivity contribution < 1.29 is 9.21 Å². The van der Waals surface area contributed by atoms with Gasteiger partial charge in [0.25, 0.3) is 5.91 Å². The predicted molar refractivity (Wildman–Crippen MR) is 115 cm³/mol. The summed E-state index contributed by atoms with van der Waals surface area (Å²) in [5, 5.41) is 9.71. The molecular formula is C21H25ClN4O2S. The van der Waals surface area contributed by atoms with Crippen molar-refractivity contribution >= 4 is 28.8 Å². The number of amides is 1. The number of carbonyl (C=O) groups excluding carboxylic acids is 1. The second kappa shape index (κ2) is 8.63. The van der Waals surface area contributed by atoms with Crippen LogP contribution in [0, 0.1) is 6.92 Å². The molecule has 0 aliphatic heterocycles. The Balaban J connectivity index is 1.83. The Labute approximate surface area is 179 Å². The summed E-state index contributed by atoms with van der Waals surface area (Å²) in [6.07, 6.45) is 0.821. The highest BCUT2D eigenvalue weighted by Crippen LogP contribution is 2.31. The van der Waals surface area contributed by atoms with E-state index in [1.54, 1.807) is 11.0 Å². The molecule has 2 heterocycles. The minimum Gasteiger partial charge on any atom is -0.419 e. The first-order valence-electron chi connectivity index (χ1n) is 9.55. The van der Waals surface area contributed by atoms with Gasteiger partial charge in [0.05, 0.1) is 27.8 Å². The van der Waals surface area contributed by atoms with Crippen molar-refractivity contribution in [2.75, 3.05) is 6.54 Å². The maximum atomic E-state index is 13.2. The molecule has 0 fully saturated rings. The Kier molecular flexibility index (Phi) is 6.39. The average molecular weight is 433 g/mol. The molecular weight excluding hydrogens is 408 g/mol. The van der Waals surface area contributed by atoms with Gasteiger partial charge in [-0.1, -0.05) is 51.4 Å². The van der Waals surface area contributed by atoms with Crippen molar-refractivity contribution in [3.8, 4) is 11.5 Å². The van der Waals surface area contributed by atoms with Gasteiger partial charge in [-0.15, -0.1) is 21.5 Å². The highest BCUT2D eigenvalue weighted by Gasteiger charge is 2.26. The molecule has 154 valence electrons. The number of benzene rings is 1. The summed E-state index contributed by atoms with van der Waals surface area (Å²) < 4.78 is 5.79. The molecule has 0 spiro atoms. The van der Waals surface area contributed by atoms with Gasteiger partial charge in [0.15, 0.2) is 0 Å². The van der Waals surface area contributed by atoms with Gasteiger partial charge in [-0.05, 0) is 25.5 Å². The summed E-state index contributed by atoms with van der Waals surface area (Å²) in [6, 6.07) is 7.29. The summed E-state index contributed by atoms with van der Waals surface area (Å²) in [5.74, 6) is 0.660. The Morgan fingerprint density at radius 1 is 1.24 bits per heavy atom. The normalized spacial score (nSPS) is 11.7. The smallest absolute Gasteiger partial charge is 0.266 e. The van der Waals surface area contributed by atoms with Gasteiger partial charge in [-0.3, -0.25) is 4.79 Å². The molecule has 0 aliphatic carbocycles. The van der Waals surface area contributed by atoms with Crippen LogP contribution in [0.15, 0.2) is 28.7 Å². The average Bonchev–Trinajstić information content (AvgIpc) is 3.27. The molecule has 6 nitrogen and oxygen atoms in total. The first kappa shape index (κ1) is 21.5. The Hall–Kier alpha value is -2.25. The third-order valence-corrected chi connectivity index (χ3v) is 6.21. The van der Waals surface area contributed by atoms with E-state index in [1.807, 2.05) is 32.0 Å². The van der Waals surface area contributed by atoms with Crippen LogP contribution in [0.5, 0.6) is 0 Å². The number of thiazole rings is 1. The second-order valence-corrected chi connectivity index (χ2v) is 9.30. The standard InChI is InChI=1S/C21H25ClN4O2S/c1-6-11-26(19(27)17-13(2)23-20(29-17)21(3,4)5)12-16-24-25-18(28-16)14-9-7-8-10-15(14)22/h7-10H,6,11-12H2,1-5H3. The number of hydrogen-bond donors (Lipinski definition) is 0. The molecule has 3 rings (SSSR count). The summed E-state index contributed by atoms with van der Waals surface area (Å²) >= 11 is 7.67. The van der Waals surface area contributed by atoms with Gasteiger partial charge >= 0.3 is 0 Å². The second-order valence-electron chi connectivity index (χ2n) is 7.89. The molecule has 0 atom stereocenters. The van der Waals surface area contributed by atoms with Crippen molar-refractivity contribution in [2.24, 2.45) is 0 Å². The molecule has 1 amide bonds.